The average Bonchev–Trinajstić information content (AvgIpc) is 1.61. The second-order valence-corrected chi connectivity index (χ2v) is 30.9. The zero-order chi connectivity index (χ0) is 69.3. The molecule has 0 amide bonds. The number of hydrogen-bond acceptors (Lipinski definition) is 15. The first-order chi connectivity index (χ1) is 45.4. The van der Waals surface area contributed by atoms with Crippen molar-refractivity contribution >= 4 is 39.5 Å². The molecule has 17 nitrogen and oxygen atoms in total. The highest BCUT2D eigenvalue weighted by molar-refractivity contribution is 7.47. The van der Waals surface area contributed by atoms with Gasteiger partial charge in [0.1, 0.15) is 19.3 Å². The Balaban J connectivity index is 5.20. The van der Waals surface area contributed by atoms with Gasteiger partial charge in [0.25, 0.3) is 0 Å². The highest BCUT2D eigenvalue weighted by Gasteiger charge is 2.30. The monoisotopic (exact) mass is 1380 g/mol. The topological polar surface area (TPSA) is 237 Å². The van der Waals surface area contributed by atoms with E-state index in [0.29, 0.717) is 31.6 Å². The van der Waals surface area contributed by atoms with Gasteiger partial charge in [0.05, 0.1) is 26.4 Å². The Kier molecular flexibility index (Phi) is 65.5. The van der Waals surface area contributed by atoms with Crippen LogP contribution < -0.4 is 0 Å². The minimum absolute atomic E-state index is 0.104. The summed E-state index contributed by atoms with van der Waals surface area (Å²) in [5.74, 6) is -0.633. The lowest BCUT2D eigenvalue weighted by molar-refractivity contribution is -0.161. The maximum atomic E-state index is 13.1. The minimum Gasteiger partial charge on any atom is -0.462 e. The summed E-state index contributed by atoms with van der Waals surface area (Å²) in [6.07, 6.45) is 54.3. The molecular weight excluding hydrogens is 1230 g/mol. The second-order valence-electron chi connectivity index (χ2n) is 28.0. The highest BCUT2D eigenvalue weighted by Crippen LogP contribution is 2.45. The molecule has 5 atom stereocenters. The number of phosphoric ester groups is 2. The van der Waals surface area contributed by atoms with E-state index in [1.54, 1.807) is 0 Å². The molecule has 0 saturated carbocycles. The van der Waals surface area contributed by atoms with Crippen LogP contribution in [0, 0.1) is 11.8 Å². The van der Waals surface area contributed by atoms with E-state index in [9.17, 15) is 43.2 Å². The van der Waals surface area contributed by atoms with E-state index in [1.807, 2.05) is 0 Å². The van der Waals surface area contributed by atoms with E-state index in [4.69, 9.17) is 37.0 Å². The summed E-state index contributed by atoms with van der Waals surface area (Å²) in [6, 6.07) is 0. The number of esters is 4. The molecule has 0 bridgehead atoms. The van der Waals surface area contributed by atoms with Crippen molar-refractivity contribution in [2.45, 2.75) is 407 Å². The summed E-state index contributed by atoms with van der Waals surface area (Å²) in [5, 5.41) is 10.6. The van der Waals surface area contributed by atoms with Crippen LogP contribution in [-0.4, -0.2) is 96.7 Å². The molecule has 0 heterocycles. The summed E-state index contributed by atoms with van der Waals surface area (Å²) >= 11 is 0. The summed E-state index contributed by atoms with van der Waals surface area (Å²) in [5.41, 5.74) is 0. The Morgan fingerprint density at radius 2 is 0.489 bits per heavy atom. The van der Waals surface area contributed by atoms with Crippen LogP contribution >= 0.6 is 15.6 Å². The van der Waals surface area contributed by atoms with Crippen molar-refractivity contribution in [3.05, 3.63) is 0 Å². The maximum absolute atomic E-state index is 13.1. The largest absolute Gasteiger partial charge is 0.472 e. The first kappa shape index (κ1) is 92.1. The van der Waals surface area contributed by atoms with Crippen molar-refractivity contribution in [2.24, 2.45) is 11.8 Å². The number of carbonyl (C=O) groups excluding carboxylic acids is 4. The second kappa shape index (κ2) is 66.9. The smallest absolute Gasteiger partial charge is 0.462 e. The molecule has 0 aliphatic carbocycles. The number of carbonyl (C=O) groups is 4. The SMILES string of the molecule is CCCCCCCCCCCCCCCCCCCCCC(=O)O[C@H](COC(=O)CCCCCCCCCCCCCCCC(C)C)COP(=O)(O)OC[C@@H](O)COP(=O)(O)OC[C@@H](COC(=O)CCCCCCCCCCC)OC(=O)CCCCCCCCCC(C)C. The maximum Gasteiger partial charge on any atom is 0.472 e. The molecule has 3 N–H and O–H groups in total. The fourth-order valence-corrected chi connectivity index (χ4v) is 13.1. The van der Waals surface area contributed by atoms with E-state index < -0.39 is 97.5 Å². The van der Waals surface area contributed by atoms with Crippen LogP contribution in [0.2, 0.25) is 0 Å². The van der Waals surface area contributed by atoms with Gasteiger partial charge < -0.3 is 33.8 Å². The third kappa shape index (κ3) is 68.6. The molecule has 0 aromatic heterocycles. The van der Waals surface area contributed by atoms with Gasteiger partial charge in [0, 0.05) is 25.7 Å². The van der Waals surface area contributed by atoms with Crippen molar-refractivity contribution in [2.75, 3.05) is 39.6 Å². The number of ether oxygens (including phenoxy) is 4. The van der Waals surface area contributed by atoms with Gasteiger partial charge in [-0.05, 0) is 37.5 Å². The molecule has 0 radical (unpaired) electrons. The fourth-order valence-electron chi connectivity index (χ4n) is 11.5. The number of hydrogen-bond donors (Lipinski definition) is 3. The molecule has 2 unspecified atom stereocenters. The minimum atomic E-state index is -4.96. The molecule has 0 aromatic rings. The van der Waals surface area contributed by atoms with E-state index in [-0.39, 0.29) is 25.7 Å². The normalized spacial score (nSPS) is 14.0. The zero-order valence-electron chi connectivity index (χ0n) is 61.3. The van der Waals surface area contributed by atoms with Crippen molar-refractivity contribution < 1.29 is 80.2 Å². The predicted octanol–water partition coefficient (Wildman–Crippen LogP) is 21.9. The Morgan fingerprint density at radius 3 is 0.723 bits per heavy atom. The first-order valence-corrected chi connectivity index (χ1v) is 42.0. The van der Waals surface area contributed by atoms with Crippen LogP contribution in [0.25, 0.3) is 0 Å². The Morgan fingerprint density at radius 1 is 0.287 bits per heavy atom. The molecule has 0 rings (SSSR count). The molecule has 0 fully saturated rings. The zero-order valence-corrected chi connectivity index (χ0v) is 63.1. The fraction of sp³-hybridized carbons (Fsp3) is 0.947. The number of phosphoric acid groups is 2. The molecule has 0 aliphatic heterocycles. The van der Waals surface area contributed by atoms with Crippen molar-refractivity contribution in [3.8, 4) is 0 Å². The van der Waals surface area contributed by atoms with Crippen LogP contribution in [0.4, 0.5) is 0 Å². The van der Waals surface area contributed by atoms with Gasteiger partial charge >= 0.3 is 39.5 Å². The summed E-state index contributed by atoms with van der Waals surface area (Å²) in [6.45, 7) is 9.53. The van der Waals surface area contributed by atoms with Crippen LogP contribution in [0.3, 0.4) is 0 Å². The van der Waals surface area contributed by atoms with Crippen LogP contribution in [0.5, 0.6) is 0 Å². The number of aliphatic hydroxyl groups excluding tert-OH is 1. The summed E-state index contributed by atoms with van der Waals surface area (Å²) < 4.78 is 68.4. The number of aliphatic hydroxyl groups is 1. The molecule has 0 aliphatic rings. The lowest BCUT2D eigenvalue weighted by Gasteiger charge is -2.21. The molecule has 558 valence electrons. The van der Waals surface area contributed by atoms with E-state index in [0.717, 1.165) is 95.8 Å². The van der Waals surface area contributed by atoms with Gasteiger partial charge in [-0.25, -0.2) is 9.13 Å². The van der Waals surface area contributed by atoms with Gasteiger partial charge in [-0.2, -0.15) is 0 Å². The van der Waals surface area contributed by atoms with Crippen LogP contribution in [0.15, 0.2) is 0 Å². The Labute approximate surface area is 575 Å². The molecule has 94 heavy (non-hydrogen) atoms. The Bertz CT molecular complexity index is 1820. The molecule has 0 spiro atoms. The van der Waals surface area contributed by atoms with Gasteiger partial charge in [-0.15, -0.1) is 0 Å². The molecule has 19 heteroatoms. The lowest BCUT2D eigenvalue weighted by Crippen LogP contribution is -2.30. The van der Waals surface area contributed by atoms with Crippen molar-refractivity contribution in [1.29, 1.82) is 0 Å². The van der Waals surface area contributed by atoms with Gasteiger partial charge in [-0.1, -0.05) is 337 Å². The molecule has 0 aromatic carbocycles. The lowest BCUT2D eigenvalue weighted by atomic mass is 10.0. The quantitative estimate of drug-likeness (QED) is 0.0222. The number of rotatable bonds is 74. The van der Waals surface area contributed by atoms with Crippen LogP contribution in [0.1, 0.15) is 388 Å². The average molecular weight is 1380 g/mol. The van der Waals surface area contributed by atoms with E-state index >= 15 is 0 Å². The van der Waals surface area contributed by atoms with Gasteiger partial charge in [-0.3, -0.25) is 37.3 Å². The van der Waals surface area contributed by atoms with Crippen LogP contribution in [-0.2, 0) is 65.4 Å². The van der Waals surface area contributed by atoms with Gasteiger partial charge in [0.15, 0.2) is 12.2 Å². The van der Waals surface area contributed by atoms with Crippen molar-refractivity contribution in [1.82, 2.24) is 0 Å². The Hall–Kier alpha value is -1.94. The third-order valence-corrected chi connectivity index (χ3v) is 19.4. The third-order valence-electron chi connectivity index (χ3n) is 17.5. The highest BCUT2D eigenvalue weighted by atomic mass is 31.2. The summed E-state index contributed by atoms with van der Waals surface area (Å²) in [4.78, 5) is 72.7. The van der Waals surface area contributed by atoms with E-state index in [2.05, 4.69) is 41.5 Å². The standard InChI is InChI=1S/C75H146O17P2/c1-7-9-11-13-15-17-18-19-20-21-22-23-24-27-31-35-41-47-53-59-74(79)91-70(63-86-73(78)58-52-46-40-34-30-28-25-26-29-33-37-43-49-55-67(3)4)65-89-93(81,82)87-61-69(76)62-88-94(83,84)90-66-71(64-85-72(77)57-51-45-39-32-16-14-12-10-8-2)92-75(80)60-54-48-42-36-38-44-50-56-68(5)6/h67-71,76H,7-66H2,1-6H3,(H,81,82)(H,83,84)/t69-,70-,71-/m1/s1. The molecular formula is C75H146O17P2. The summed E-state index contributed by atoms with van der Waals surface area (Å²) in [7, 11) is -9.91. The first-order valence-electron chi connectivity index (χ1n) is 39.0. The van der Waals surface area contributed by atoms with Crippen molar-refractivity contribution in [3.63, 3.8) is 0 Å². The molecule has 0 saturated heterocycles. The van der Waals surface area contributed by atoms with E-state index in [1.165, 1.54) is 205 Å². The predicted molar refractivity (Wildman–Crippen MR) is 381 cm³/mol. The number of unbranched alkanes of at least 4 members (excludes halogenated alkanes) is 44. The van der Waals surface area contributed by atoms with Gasteiger partial charge in [0.2, 0.25) is 0 Å².